The second kappa shape index (κ2) is 5.28. The van der Waals surface area contributed by atoms with E-state index in [0.29, 0.717) is 0 Å². The Morgan fingerprint density at radius 2 is 1.89 bits per heavy atom. The molecule has 1 heterocycles. The Hall–Kier alpha value is -1.43. The number of nitrogens with two attached hydrogens (primary N) is 1. The Kier molecular flexibility index (Phi) is 3.89. The molecule has 3 N–H and O–H groups in total. The van der Waals surface area contributed by atoms with E-state index >= 15 is 0 Å². The fraction of sp³-hybridized carbons (Fsp3) is 0.769. The Bertz CT molecular complexity index is 404. The van der Waals surface area contributed by atoms with Crippen molar-refractivity contribution in [3.63, 3.8) is 0 Å². The summed E-state index contributed by atoms with van der Waals surface area (Å²) in [5, 5.41) is 2.30. The summed E-state index contributed by atoms with van der Waals surface area (Å²) >= 11 is 0. The summed E-state index contributed by atoms with van der Waals surface area (Å²) in [4.78, 5) is 37.7. The van der Waals surface area contributed by atoms with Gasteiger partial charge in [0.25, 0.3) is 0 Å². The third-order valence-corrected chi connectivity index (χ3v) is 4.22. The Labute approximate surface area is 112 Å². The van der Waals surface area contributed by atoms with Gasteiger partial charge in [-0.3, -0.25) is 19.8 Å². The van der Waals surface area contributed by atoms with Crippen molar-refractivity contribution in [1.29, 1.82) is 0 Å². The van der Waals surface area contributed by atoms with Crippen LogP contribution in [0.15, 0.2) is 0 Å². The van der Waals surface area contributed by atoms with Gasteiger partial charge in [-0.2, -0.15) is 0 Å². The molecular formula is C13H21N3O3. The molecule has 2 fully saturated rings. The zero-order chi connectivity index (χ0) is 14.0. The zero-order valence-corrected chi connectivity index (χ0v) is 11.3. The summed E-state index contributed by atoms with van der Waals surface area (Å²) in [7, 11) is 0. The lowest BCUT2D eigenvalue weighted by atomic mass is 9.81. The molecule has 19 heavy (non-hydrogen) atoms. The maximum atomic E-state index is 12.5. The molecule has 1 aliphatic carbocycles. The van der Waals surface area contributed by atoms with E-state index in [-0.39, 0.29) is 19.0 Å². The fourth-order valence-corrected chi connectivity index (χ4v) is 2.93. The van der Waals surface area contributed by atoms with Crippen LogP contribution in [0, 0.1) is 5.41 Å². The van der Waals surface area contributed by atoms with Crippen LogP contribution >= 0.6 is 0 Å². The van der Waals surface area contributed by atoms with E-state index in [9.17, 15) is 14.4 Å². The minimum Gasteiger partial charge on any atom is -0.330 e. The predicted octanol–water partition coefficient (Wildman–Crippen LogP) is 0.753. The molecule has 2 rings (SSSR count). The standard InChI is InChI=1S/C13H21N3O3/c1-13(7-8-14)10(17)15-12(19)16(11(13)18)9-5-3-2-4-6-9/h9H,2-8,14H2,1H3,(H,15,17,19). The maximum absolute atomic E-state index is 12.5. The second-order valence-electron chi connectivity index (χ2n) is 5.60. The van der Waals surface area contributed by atoms with Gasteiger partial charge in [-0.25, -0.2) is 4.79 Å². The first kappa shape index (κ1) is 14.0. The quantitative estimate of drug-likeness (QED) is 0.738. The van der Waals surface area contributed by atoms with Crippen LogP contribution in [0.1, 0.15) is 45.4 Å². The molecule has 1 saturated heterocycles. The monoisotopic (exact) mass is 267 g/mol. The number of nitrogens with zero attached hydrogens (tertiary/aromatic N) is 1. The number of carbonyl (C=O) groups is 3. The molecule has 4 amide bonds. The van der Waals surface area contributed by atoms with Gasteiger partial charge in [0.15, 0.2) is 0 Å². The van der Waals surface area contributed by atoms with Crippen LogP contribution in [0.4, 0.5) is 4.79 Å². The topological polar surface area (TPSA) is 92.5 Å². The highest BCUT2D eigenvalue weighted by molar-refractivity contribution is 6.19. The molecule has 0 aromatic carbocycles. The Morgan fingerprint density at radius 1 is 1.26 bits per heavy atom. The third-order valence-electron chi connectivity index (χ3n) is 4.22. The van der Waals surface area contributed by atoms with E-state index in [2.05, 4.69) is 5.32 Å². The highest BCUT2D eigenvalue weighted by Crippen LogP contribution is 2.32. The number of carbonyl (C=O) groups excluding carboxylic acids is 3. The summed E-state index contributed by atoms with van der Waals surface area (Å²) in [5.41, 5.74) is 4.28. The molecule has 6 heteroatoms. The van der Waals surface area contributed by atoms with Gasteiger partial charge >= 0.3 is 6.03 Å². The lowest BCUT2D eigenvalue weighted by molar-refractivity contribution is -0.152. The van der Waals surface area contributed by atoms with Gasteiger partial charge in [-0.15, -0.1) is 0 Å². The van der Waals surface area contributed by atoms with Crippen LogP contribution in [0.2, 0.25) is 0 Å². The van der Waals surface area contributed by atoms with Crippen LogP contribution in [0.5, 0.6) is 0 Å². The number of hydrogen-bond donors (Lipinski definition) is 2. The number of amides is 4. The minimum absolute atomic E-state index is 0.0774. The number of imide groups is 2. The van der Waals surface area contributed by atoms with Crippen molar-refractivity contribution in [3.8, 4) is 0 Å². The molecular weight excluding hydrogens is 246 g/mol. The minimum atomic E-state index is -1.21. The summed E-state index contributed by atoms with van der Waals surface area (Å²) in [6.07, 6.45) is 5.08. The average Bonchev–Trinajstić information content (AvgIpc) is 2.38. The van der Waals surface area contributed by atoms with E-state index in [4.69, 9.17) is 5.73 Å². The first-order valence-corrected chi connectivity index (χ1v) is 6.90. The summed E-state index contributed by atoms with van der Waals surface area (Å²) in [5.74, 6) is -0.918. The van der Waals surface area contributed by atoms with E-state index in [1.165, 1.54) is 4.90 Å². The van der Waals surface area contributed by atoms with Gasteiger partial charge in [0, 0.05) is 6.04 Å². The van der Waals surface area contributed by atoms with Gasteiger partial charge in [-0.05, 0) is 32.7 Å². The van der Waals surface area contributed by atoms with Crippen LogP contribution in [-0.2, 0) is 9.59 Å². The highest BCUT2D eigenvalue weighted by Gasteiger charge is 2.51. The van der Waals surface area contributed by atoms with Crippen molar-refractivity contribution in [3.05, 3.63) is 0 Å². The molecule has 1 saturated carbocycles. The SMILES string of the molecule is CC1(CCN)C(=O)NC(=O)N(C2CCCCC2)C1=O. The molecule has 2 aliphatic rings. The lowest BCUT2D eigenvalue weighted by Gasteiger charge is -2.41. The summed E-state index contributed by atoms with van der Waals surface area (Å²) in [6.45, 7) is 1.81. The molecule has 106 valence electrons. The molecule has 1 aliphatic heterocycles. The van der Waals surface area contributed by atoms with E-state index in [1.807, 2.05) is 0 Å². The second-order valence-corrected chi connectivity index (χ2v) is 5.60. The molecule has 0 aromatic rings. The molecule has 0 bridgehead atoms. The smallest absolute Gasteiger partial charge is 0.330 e. The molecule has 1 atom stereocenters. The van der Waals surface area contributed by atoms with Gasteiger partial charge in [0.05, 0.1) is 0 Å². The van der Waals surface area contributed by atoms with Gasteiger partial charge in [0.1, 0.15) is 5.41 Å². The third kappa shape index (κ3) is 2.36. The van der Waals surface area contributed by atoms with Crippen molar-refractivity contribution in [2.75, 3.05) is 6.54 Å². The average molecular weight is 267 g/mol. The van der Waals surface area contributed by atoms with Crippen molar-refractivity contribution < 1.29 is 14.4 Å². The van der Waals surface area contributed by atoms with Crippen LogP contribution < -0.4 is 11.1 Å². The largest absolute Gasteiger partial charge is 0.331 e. The number of nitrogens with one attached hydrogen (secondary N) is 1. The number of barbiturate groups is 1. The highest BCUT2D eigenvalue weighted by atomic mass is 16.2. The first-order valence-electron chi connectivity index (χ1n) is 6.90. The van der Waals surface area contributed by atoms with Gasteiger partial charge in [0.2, 0.25) is 11.8 Å². The van der Waals surface area contributed by atoms with Crippen molar-refractivity contribution in [2.24, 2.45) is 11.1 Å². The number of rotatable bonds is 3. The molecule has 6 nitrogen and oxygen atoms in total. The van der Waals surface area contributed by atoms with Crippen molar-refractivity contribution in [1.82, 2.24) is 10.2 Å². The molecule has 0 radical (unpaired) electrons. The van der Waals surface area contributed by atoms with E-state index < -0.39 is 23.3 Å². The molecule has 0 aromatic heterocycles. The zero-order valence-electron chi connectivity index (χ0n) is 11.3. The van der Waals surface area contributed by atoms with E-state index in [1.54, 1.807) is 6.92 Å². The lowest BCUT2D eigenvalue weighted by Crippen LogP contribution is -2.65. The van der Waals surface area contributed by atoms with Crippen LogP contribution in [0.25, 0.3) is 0 Å². The van der Waals surface area contributed by atoms with E-state index in [0.717, 1.165) is 32.1 Å². The Morgan fingerprint density at radius 3 is 2.47 bits per heavy atom. The van der Waals surface area contributed by atoms with Crippen molar-refractivity contribution in [2.45, 2.75) is 51.5 Å². The number of hydrogen-bond acceptors (Lipinski definition) is 4. The normalized spacial score (nSPS) is 29.6. The Balaban J connectivity index is 2.24. The van der Waals surface area contributed by atoms with Gasteiger partial charge < -0.3 is 5.73 Å². The molecule has 1 unspecified atom stereocenters. The summed E-state index contributed by atoms with van der Waals surface area (Å²) < 4.78 is 0. The van der Waals surface area contributed by atoms with Crippen LogP contribution in [0.3, 0.4) is 0 Å². The first-order chi connectivity index (χ1) is 9.00. The van der Waals surface area contributed by atoms with Crippen LogP contribution in [-0.4, -0.2) is 35.3 Å². The molecule has 0 spiro atoms. The fourth-order valence-electron chi connectivity index (χ4n) is 2.93. The van der Waals surface area contributed by atoms with Crippen molar-refractivity contribution >= 4 is 17.8 Å². The maximum Gasteiger partial charge on any atom is 0.331 e. The summed E-state index contributed by atoms with van der Waals surface area (Å²) in [6, 6.07) is -0.650. The number of urea groups is 1. The predicted molar refractivity (Wildman–Crippen MR) is 69.0 cm³/mol. The van der Waals surface area contributed by atoms with Gasteiger partial charge in [-0.1, -0.05) is 19.3 Å².